The second kappa shape index (κ2) is 5.30. The fourth-order valence-electron chi connectivity index (χ4n) is 2.79. The quantitative estimate of drug-likeness (QED) is 0.581. The molecule has 0 atom stereocenters. The first-order valence-corrected chi connectivity index (χ1v) is 7.24. The molecule has 5 heteroatoms. The predicted octanol–water partition coefficient (Wildman–Crippen LogP) is 4.04. The standard InChI is InChI=1S/C18H13N3O2/c22-11-12-7-8-21-16(9-12)19-17(18(21)20-23)15-6-5-13-3-1-2-4-14(13)10-15/h1-10,22H,11H2. The van der Waals surface area contributed by atoms with Crippen LogP contribution in [0.15, 0.2) is 66.0 Å². The van der Waals surface area contributed by atoms with E-state index in [0.717, 1.165) is 21.9 Å². The van der Waals surface area contributed by atoms with Crippen LogP contribution in [0, 0.1) is 4.91 Å². The Labute approximate surface area is 131 Å². The normalized spacial score (nSPS) is 11.2. The first-order chi connectivity index (χ1) is 11.3. The zero-order chi connectivity index (χ0) is 15.8. The molecule has 0 aliphatic rings. The topological polar surface area (TPSA) is 67.0 Å². The Hall–Kier alpha value is -3.05. The number of aliphatic hydroxyl groups is 1. The molecule has 112 valence electrons. The third kappa shape index (κ3) is 2.18. The summed E-state index contributed by atoms with van der Waals surface area (Å²) in [6.45, 7) is -0.0709. The molecular formula is C18H13N3O2. The van der Waals surface area contributed by atoms with Gasteiger partial charge in [-0.05, 0) is 39.7 Å². The summed E-state index contributed by atoms with van der Waals surface area (Å²) >= 11 is 0. The Morgan fingerprint density at radius 3 is 2.65 bits per heavy atom. The van der Waals surface area contributed by atoms with Crippen molar-refractivity contribution in [3.05, 3.63) is 71.3 Å². The summed E-state index contributed by atoms with van der Waals surface area (Å²) in [5.74, 6) is 0.264. The van der Waals surface area contributed by atoms with Crippen LogP contribution in [0.1, 0.15) is 5.56 Å². The second-order valence-corrected chi connectivity index (χ2v) is 5.36. The third-order valence-electron chi connectivity index (χ3n) is 3.96. The minimum Gasteiger partial charge on any atom is -0.392 e. The molecule has 4 rings (SSSR count). The molecule has 5 nitrogen and oxygen atoms in total. The van der Waals surface area contributed by atoms with Gasteiger partial charge in [0.2, 0.25) is 5.82 Å². The number of nitroso groups, excluding NO2 is 1. The number of hydrogen-bond acceptors (Lipinski definition) is 4. The lowest BCUT2D eigenvalue weighted by molar-refractivity contribution is 0.282. The molecule has 0 spiro atoms. The van der Waals surface area contributed by atoms with E-state index in [1.807, 2.05) is 42.5 Å². The van der Waals surface area contributed by atoms with Crippen molar-refractivity contribution in [2.75, 3.05) is 0 Å². The Morgan fingerprint density at radius 1 is 1.04 bits per heavy atom. The van der Waals surface area contributed by atoms with E-state index in [1.165, 1.54) is 0 Å². The Balaban J connectivity index is 1.97. The van der Waals surface area contributed by atoms with Gasteiger partial charge in [-0.2, -0.15) is 0 Å². The van der Waals surface area contributed by atoms with Gasteiger partial charge in [0.15, 0.2) is 0 Å². The van der Waals surface area contributed by atoms with Gasteiger partial charge in [-0.15, -0.1) is 4.91 Å². The van der Waals surface area contributed by atoms with E-state index >= 15 is 0 Å². The van der Waals surface area contributed by atoms with E-state index in [-0.39, 0.29) is 12.4 Å². The van der Waals surface area contributed by atoms with Crippen molar-refractivity contribution in [3.63, 3.8) is 0 Å². The van der Waals surface area contributed by atoms with Gasteiger partial charge in [-0.3, -0.25) is 4.40 Å². The largest absolute Gasteiger partial charge is 0.392 e. The highest BCUT2D eigenvalue weighted by Gasteiger charge is 2.15. The van der Waals surface area contributed by atoms with E-state index in [4.69, 9.17) is 0 Å². The molecular weight excluding hydrogens is 290 g/mol. The molecule has 0 bridgehead atoms. The summed E-state index contributed by atoms with van der Waals surface area (Å²) in [6.07, 6.45) is 1.70. The fraction of sp³-hybridized carbons (Fsp3) is 0.0556. The molecule has 0 aliphatic carbocycles. The van der Waals surface area contributed by atoms with E-state index in [9.17, 15) is 10.0 Å². The smallest absolute Gasteiger partial charge is 0.209 e. The summed E-state index contributed by atoms with van der Waals surface area (Å²) in [4.78, 5) is 15.9. The fourth-order valence-corrected chi connectivity index (χ4v) is 2.79. The number of benzene rings is 2. The minimum absolute atomic E-state index is 0.0709. The summed E-state index contributed by atoms with van der Waals surface area (Å²) < 4.78 is 1.64. The van der Waals surface area contributed by atoms with E-state index < -0.39 is 0 Å². The first-order valence-electron chi connectivity index (χ1n) is 7.24. The van der Waals surface area contributed by atoms with E-state index in [2.05, 4.69) is 10.2 Å². The molecule has 0 aliphatic heterocycles. The number of aliphatic hydroxyl groups excluding tert-OH is 1. The van der Waals surface area contributed by atoms with Crippen LogP contribution in [0.4, 0.5) is 5.82 Å². The molecule has 0 radical (unpaired) electrons. The maximum Gasteiger partial charge on any atom is 0.209 e. The van der Waals surface area contributed by atoms with Crippen molar-refractivity contribution < 1.29 is 5.11 Å². The molecule has 0 fully saturated rings. The van der Waals surface area contributed by atoms with Gasteiger partial charge in [0, 0.05) is 11.8 Å². The lowest BCUT2D eigenvalue weighted by Gasteiger charge is -2.01. The van der Waals surface area contributed by atoms with Crippen LogP contribution in [0.5, 0.6) is 0 Å². The van der Waals surface area contributed by atoms with Gasteiger partial charge in [0.25, 0.3) is 0 Å². The molecule has 2 heterocycles. The van der Waals surface area contributed by atoms with Gasteiger partial charge in [0.05, 0.1) is 6.61 Å². The molecule has 2 aromatic carbocycles. The zero-order valence-electron chi connectivity index (χ0n) is 12.2. The Kier molecular flexibility index (Phi) is 3.13. The second-order valence-electron chi connectivity index (χ2n) is 5.36. The highest BCUT2D eigenvalue weighted by atomic mass is 16.3. The van der Waals surface area contributed by atoms with Crippen LogP contribution in [0.25, 0.3) is 27.7 Å². The highest BCUT2D eigenvalue weighted by molar-refractivity contribution is 5.88. The number of imidazole rings is 1. The molecule has 0 saturated carbocycles. The van der Waals surface area contributed by atoms with Crippen molar-refractivity contribution in [1.82, 2.24) is 9.38 Å². The molecule has 0 amide bonds. The van der Waals surface area contributed by atoms with E-state index in [0.29, 0.717) is 11.3 Å². The summed E-state index contributed by atoms with van der Waals surface area (Å²) in [6, 6.07) is 17.4. The molecule has 1 N–H and O–H groups in total. The maximum atomic E-state index is 11.3. The molecule has 23 heavy (non-hydrogen) atoms. The van der Waals surface area contributed by atoms with Crippen molar-refractivity contribution in [2.45, 2.75) is 6.61 Å². The molecule has 2 aromatic heterocycles. The molecule has 0 saturated heterocycles. The number of hydrogen-bond donors (Lipinski definition) is 1. The summed E-state index contributed by atoms with van der Waals surface area (Å²) in [5.41, 5.74) is 2.72. The SMILES string of the molecule is O=Nc1c(-c2ccc3ccccc3c2)nc2cc(CO)ccn12. The van der Waals surface area contributed by atoms with Crippen LogP contribution in [0.3, 0.4) is 0 Å². The van der Waals surface area contributed by atoms with Crippen LogP contribution >= 0.6 is 0 Å². The Bertz CT molecular complexity index is 1040. The lowest BCUT2D eigenvalue weighted by atomic mass is 10.1. The summed E-state index contributed by atoms with van der Waals surface area (Å²) in [7, 11) is 0. The summed E-state index contributed by atoms with van der Waals surface area (Å²) in [5, 5.41) is 14.6. The Morgan fingerprint density at radius 2 is 1.87 bits per heavy atom. The maximum absolute atomic E-state index is 11.3. The van der Waals surface area contributed by atoms with E-state index in [1.54, 1.807) is 22.7 Å². The number of pyridine rings is 1. The van der Waals surface area contributed by atoms with Crippen molar-refractivity contribution in [1.29, 1.82) is 0 Å². The van der Waals surface area contributed by atoms with Crippen molar-refractivity contribution >= 4 is 22.2 Å². The number of rotatable bonds is 3. The van der Waals surface area contributed by atoms with Gasteiger partial charge >= 0.3 is 0 Å². The highest BCUT2D eigenvalue weighted by Crippen LogP contribution is 2.32. The van der Waals surface area contributed by atoms with Crippen LogP contribution in [-0.4, -0.2) is 14.5 Å². The van der Waals surface area contributed by atoms with Crippen LogP contribution in [0.2, 0.25) is 0 Å². The van der Waals surface area contributed by atoms with Crippen LogP contribution < -0.4 is 0 Å². The van der Waals surface area contributed by atoms with Crippen molar-refractivity contribution in [3.8, 4) is 11.3 Å². The lowest BCUT2D eigenvalue weighted by Crippen LogP contribution is -1.88. The zero-order valence-corrected chi connectivity index (χ0v) is 12.2. The number of fused-ring (bicyclic) bond motifs is 2. The van der Waals surface area contributed by atoms with Gasteiger partial charge in [-0.1, -0.05) is 36.4 Å². The minimum atomic E-state index is -0.0709. The van der Waals surface area contributed by atoms with Gasteiger partial charge in [-0.25, -0.2) is 4.98 Å². The van der Waals surface area contributed by atoms with Gasteiger partial charge < -0.3 is 5.11 Å². The molecule has 4 aromatic rings. The predicted molar refractivity (Wildman–Crippen MR) is 89.5 cm³/mol. The first kappa shape index (κ1) is 13.6. The number of nitrogens with zero attached hydrogens (tertiary/aromatic N) is 3. The average Bonchev–Trinajstić information content (AvgIpc) is 2.98. The third-order valence-corrected chi connectivity index (χ3v) is 3.96. The monoisotopic (exact) mass is 303 g/mol. The van der Waals surface area contributed by atoms with Gasteiger partial charge in [0.1, 0.15) is 11.3 Å². The van der Waals surface area contributed by atoms with Crippen molar-refractivity contribution in [2.24, 2.45) is 5.18 Å². The molecule has 0 unspecified atom stereocenters. The van der Waals surface area contributed by atoms with Crippen LogP contribution in [-0.2, 0) is 6.61 Å². The number of aromatic nitrogens is 2. The average molecular weight is 303 g/mol.